The van der Waals surface area contributed by atoms with E-state index >= 15 is 0 Å². The molecule has 1 aromatic heterocycles. The van der Waals surface area contributed by atoms with Crippen molar-refractivity contribution in [1.82, 2.24) is 9.78 Å². The van der Waals surface area contributed by atoms with Gasteiger partial charge in [-0.2, -0.15) is 16.9 Å². The van der Waals surface area contributed by atoms with E-state index in [1.165, 1.54) is 23.9 Å². The minimum atomic E-state index is -0.0651. The zero-order chi connectivity index (χ0) is 13.8. The van der Waals surface area contributed by atoms with Crippen LogP contribution in [-0.2, 0) is 6.54 Å². The fourth-order valence-corrected chi connectivity index (χ4v) is 3.75. The number of anilines is 1. The Labute approximate surface area is 126 Å². The lowest BCUT2D eigenvalue weighted by Crippen LogP contribution is -2.30. The average Bonchev–Trinajstić information content (AvgIpc) is 2.44. The molecule has 0 saturated heterocycles. The van der Waals surface area contributed by atoms with E-state index in [-0.39, 0.29) is 5.56 Å². The molecule has 106 valence electrons. The molecule has 0 bridgehead atoms. The van der Waals surface area contributed by atoms with Crippen LogP contribution in [0, 0.1) is 0 Å². The number of hydrogen-bond acceptors (Lipinski definition) is 4. The molecule has 4 nitrogen and oxygen atoms in total. The molecular formula is C13H20BrN3OS. The van der Waals surface area contributed by atoms with E-state index in [0.29, 0.717) is 17.1 Å². The molecular weight excluding hydrogens is 326 g/mol. The van der Waals surface area contributed by atoms with Crippen molar-refractivity contribution in [2.24, 2.45) is 0 Å². The van der Waals surface area contributed by atoms with E-state index in [9.17, 15) is 4.79 Å². The minimum Gasteiger partial charge on any atom is -0.380 e. The second-order valence-corrected chi connectivity index (χ2v) is 6.79. The molecule has 6 heteroatoms. The van der Waals surface area contributed by atoms with E-state index < -0.39 is 0 Å². The molecule has 1 aromatic rings. The number of halogens is 1. The van der Waals surface area contributed by atoms with Crippen molar-refractivity contribution in [2.45, 2.75) is 50.4 Å². The van der Waals surface area contributed by atoms with Crippen molar-refractivity contribution in [3.63, 3.8) is 0 Å². The lowest BCUT2D eigenvalue weighted by molar-refractivity contribution is 0.473. The molecule has 1 aliphatic rings. The lowest BCUT2D eigenvalue weighted by Gasteiger charge is -2.29. The molecule has 19 heavy (non-hydrogen) atoms. The number of hydrogen-bond donors (Lipinski definition) is 1. The first kappa shape index (κ1) is 14.9. The average molecular weight is 346 g/mol. The van der Waals surface area contributed by atoms with Gasteiger partial charge in [-0.1, -0.05) is 6.42 Å². The van der Waals surface area contributed by atoms with Crippen LogP contribution in [0.5, 0.6) is 0 Å². The predicted octanol–water partition coefficient (Wildman–Crippen LogP) is 3.11. The van der Waals surface area contributed by atoms with Crippen molar-refractivity contribution in [1.29, 1.82) is 0 Å². The van der Waals surface area contributed by atoms with Crippen molar-refractivity contribution in [2.75, 3.05) is 11.6 Å². The molecule has 2 unspecified atom stereocenters. The number of nitrogens with one attached hydrogen (secondary N) is 1. The Kier molecular flexibility index (Phi) is 5.33. The fraction of sp³-hybridized carbons (Fsp3) is 0.692. The van der Waals surface area contributed by atoms with Crippen LogP contribution in [0.25, 0.3) is 0 Å². The summed E-state index contributed by atoms with van der Waals surface area (Å²) >= 11 is 5.33. The lowest BCUT2D eigenvalue weighted by atomic mass is 9.95. The SMILES string of the molecule is CCn1ncc(NC2CCCC(SC)C2)c(Br)c1=O. The van der Waals surface area contributed by atoms with Gasteiger partial charge in [-0.25, -0.2) is 4.68 Å². The molecule has 0 spiro atoms. The predicted molar refractivity (Wildman–Crippen MR) is 85.1 cm³/mol. The van der Waals surface area contributed by atoms with E-state index in [1.54, 1.807) is 6.20 Å². The van der Waals surface area contributed by atoms with Gasteiger partial charge in [0.2, 0.25) is 0 Å². The van der Waals surface area contributed by atoms with Gasteiger partial charge in [0.05, 0.1) is 11.9 Å². The van der Waals surface area contributed by atoms with Gasteiger partial charge in [0.25, 0.3) is 5.56 Å². The van der Waals surface area contributed by atoms with Gasteiger partial charge in [-0.3, -0.25) is 4.79 Å². The molecule has 1 N–H and O–H groups in total. The largest absolute Gasteiger partial charge is 0.380 e. The summed E-state index contributed by atoms with van der Waals surface area (Å²) in [5.41, 5.74) is 0.756. The topological polar surface area (TPSA) is 46.9 Å². The Bertz CT molecular complexity index is 491. The Balaban J connectivity index is 2.11. The van der Waals surface area contributed by atoms with Gasteiger partial charge < -0.3 is 5.32 Å². The third kappa shape index (κ3) is 3.54. The van der Waals surface area contributed by atoms with Gasteiger partial charge in [0.15, 0.2) is 0 Å². The molecule has 0 aromatic carbocycles. The first-order valence-corrected chi connectivity index (χ1v) is 8.78. The second-order valence-electron chi connectivity index (χ2n) is 4.86. The first-order valence-electron chi connectivity index (χ1n) is 6.70. The van der Waals surface area contributed by atoms with Gasteiger partial charge >= 0.3 is 0 Å². The standard InChI is InChI=1S/C13H20BrN3OS/c1-3-17-13(18)12(14)11(8-15-17)16-9-5-4-6-10(7-9)19-2/h8-10,16H,3-7H2,1-2H3. The van der Waals surface area contributed by atoms with Gasteiger partial charge in [0.1, 0.15) is 4.47 Å². The molecule has 1 heterocycles. The van der Waals surface area contributed by atoms with Crippen LogP contribution in [0.15, 0.2) is 15.5 Å². The molecule has 1 saturated carbocycles. The number of nitrogens with zero attached hydrogens (tertiary/aromatic N) is 2. The molecule has 2 rings (SSSR count). The quantitative estimate of drug-likeness (QED) is 0.910. The zero-order valence-electron chi connectivity index (χ0n) is 11.4. The zero-order valence-corrected chi connectivity index (χ0v) is 13.8. The first-order chi connectivity index (χ1) is 9.15. The van der Waals surface area contributed by atoms with Gasteiger partial charge in [-0.05, 0) is 48.4 Å². The number of aryl methyl sites for hydroxylation is 1. The summed E-state index contributed by atoms with van der Waals surface area (Å²) in [6, 6.07) is 0.446. The fourth-order valence-electron chi connectivity index (χ4n) is 2.50. The summed E-state index contributed by atoms with van der Waals surface area (Å²) in [4.78, 5) is 12.0. The van der Waals surface area contributed by atoms with Gasteiger partial charge in [-0.15, -0.1) is 0 Å². The third-order valence-corrected chi connectivity index (χ3v) is 5.46. The Hall–Kier alpha value is -0.490. The van der Waals surface area contributed by atoms with Crippen LogP contribution in [0.1, 0.15) is 32.6 Å². The second kappa shape index (κ2) is 6.79. The maximum absolute atomic E-state index is 12.0. The summed E-state index contributed by atoms with van der Waals surface area (Å²) in [5, 5.41) is 8.37. The van der Waals surface area contributed by atoms with Crippen LogP contribution < -0.4 is 10.9 Å². The van der Waals surface area contributed by atoms with Crippen LogP contribution in [-0.4, -0.2) is 27.3 Å². The minimum absolute atomic E-state index is 0.0651. The van der Waals surface area contributed by atoms with Crippen LogP contribution >= 0.6 is 27.7 Å². The maximum Gasteiger partial charge on any atom is 0.283 e. The number of rotatable bonds is 4. The Morgan fingerprint density at radius 3 is 3.05 bits per heavy atom. The summed E-state index contributed by atoms with van der Waals surface area (Å²) in [5.74, 6) is 0. The highest BCUT2D eigenvalue weighted by Crippen LogP contribution is 2.29. The summed E-state index contributed by atoms with van der Waals surface area (Å²) < 4.78 is 2.05. The summed E-state index contributed by atoms with van der Waals surface area (Å²) in [6.07, 6.45) is 8.80. The van der Waals surface area contributed by atoms with E-state index in [1.807, 2.05) is 18.7 Å². The third-order valence-electron chi connectivity index (χ3n) is 3.60. The molecule has 0 aliphatic heterocycles. The number of aromatic nitrogens is 2. The maximum atomic E-state index is 12.0. The summed E-state index contributed by atoms with van der Waals surface area (Å²) in [6.45, 7) is 2.51. The summed E-state index contributed by atoms with van der Waals surface area (Å²) in [7, 11) is 0. The smallest absolute Gasteiger partial charge is 0.283 e. The van der Waals surface area contributed by atoms with E-state index in [2.05, 4.69) is 32.6 Å². The highest BCUT2D eigenvalue weighted by molar-refractivity contribution is 9.10. The highest BCUT2D eigenvalue weighted by atomic mass is 79.9. The van der Waals surface area contributed by atoms with Crippen LogP contribution in [0.3, 0.4) is 0 Å². The molecule has 1 fully saturated rings. The van der Waals surface area contributed by atoms with Crippen molar-refractivity contribution in [3.8, 4) is 0 Å². The van der Waals surface area contributed by atoms with E-state index in [4.69, 9.17) is 0 Å². The monoisotopic (exact) mass is 345 g/mol. The number of thioether (sulfide) groups is 1. The molecule has 0 amide bonds. The molecule has 1 aliphatic carbocycles. The normalized spacial score (nSPS) is 23.3. The molecule has 2 atom stereocenters. The van der Waals surface area contributed by atoms with Crippen LogP contribution in [0.2, 0.25) is 0 Å². The van der Waals surface area contributed by atoms with Crippen LogP contribution in [0.4, 0.5) is 5.69 Å². The van der Waals surface area contributed by atoms with Crippen molar-refractivity contribution >= 4 is 33.4 Å². The van der Waals surface area contributed by atoms with Gasteiger partial charge in [0, 0.05) is 17.8 Å². The van der Waals surface area contributed by atoms with E-state index in [0.717, 1.165) is 17.4 Å². The Morgan fingerprint density at radius 1 is 1.58 bits per heavy atom. The molecule has 0 radical (unpaired) electrons. The van der Waals surface area contributed by atoms with Crippen molar-refractivity contribution < 1.29 is 0 Å². The Morgan fingerprint density at radius 2 is 2.37 bits per heavy atom. The highest BCUT2D eigenvalue weighted by Gasteiger charge is 2.22. The van der Waals surface area contributed by atoms with Crippen molar-refractivity contribution in [3.05, 3.63) is 21.0 Å².